The van der Waals surface area contributed by atoms with Crippen molar-refractivity contribution in [3.8, 4) is 0 Å². The van der Waals surface area contributed by atoms with E-state index in [1.807, 2.05) is 12.1 Å². The molecule has 0 aromatic heterocycles. The summed E-state index contributed by atoms with van der Waals surface area (Å²) in [7, 11) is 0. The molecular formula is C11H11Cl. The van der Waals surface area contributed by atoms with Crippen LogP contribution in [-0.4, -0.2) is 0 Å². The van der Waals surface area contributed by atoms with Gasteiger partial charge in [0.05, 0.1) is 0 Å². The summed E-state index contributed by atoms with van der Waals surface area (Å²) in [5.41, 5.74) is 2.69. The molecule has 1 heteroatoms. The standard InChI is InChI=1S/C11H11Cl/c1-8-2-3-10-7-11(12)5-4-9(10)6-8/h2-5,7-8H,6H2,1H3. The van der Waals surface area contributed by atoms with Crippen LogP contribution in [-0.2, 0) is 6.42 Å². The molecule has 1 unspecified atom stereocenters. The number of benzene rings is 1. The fourth-order valence-electron chi connectivity index (χ4n) is 1.59. The van der Waals surface area contributed by atoms with Crippen LogP contribution < -0.4 is 0 Å². The molecule has 0 N–H and O–H groups in total. The lowest BCUT2D eigenvalue weighted by Crippen LogP contribution is -2.02. The van der Waals surface area contributed by atoms with E-state index in [0.717, 1.165) is 11.4 Å². The molecule has 1 atom stereocenters. The van der Waals surface area contributed by atoms with Gasteiger partial charge in [0.15, 0.2) is 0 Å². The van der Waals surface area contributed by atoms with E-state index >= 15 is 0 Å². The summed E-state index contributed by atoms with van der Waals surface area (Å²) in [5, 5.41) is 0.827. The quantitative estimate of drug-likeness (QED) is 0.570. The Hall–Kier alpha value is -0.750. The minimum absolute atomic E-state index is 0.665. The van der Waals surface area contributed by atoms with E-state index in [4.69, 9.17) is 11.6 Å². The van der Waals surface area contributed by atoms with Crippen molar-refractivity contribution in [1.29, 1.82) is 0 Å². The normalized spacial score (nSPS) is 20.7. The molecule has 62 valence electrons. The minimum atomic E-state index is 0.665. The van der Waals surface area contributed by atoms with Crippen LogP contribution in [0.15, 0.2) is 24.3 Å². The van der Waals surface area contributed by atoms with Gasteiger partial charge >= 0.3 is 0 Å². The molecule has 1 aliphatic rings. The summed E-state index contributed by atoms with van der Waals surface area (Å²) in [4.78, 5) is 0. The number of rotatable bonds is 0. The smallest absolute Gasteiger partial charge is 0.0412 e. The lowest BCUT2D eigenvalue weighted by Gasteiger charge is -2.15. The summed E-state index contributed by atoms with van der Waals surface area (Å²) < 4.78 is 0. The Morgan fingerprint density at radius 1 is 1.42 bits per heavy atom. The molecule has 1 aromatic carbocycles. The molecule has 0 heterocycles. The first kappa shape index (κ1) is 7.88. The lowest BCUT2D eigenvalue weighted by atomic mass is 9.91. The first-order chi connectivity index (χ1) is 5.75. The largest absolute Gasteiger partial charge is 0.0843 e. The highest BCUT2D eigenvalue weighted by Crippen LogP contribution is 2.25. The maximum Gasteiger partial charge on any atom is 0.0412 e. The molecule has 0 amide bonds. The van der Waals surface area contributed by atoms with E-state index in [-0.39, 0.29) is 0 Å². The minimum Gasteiger partial charge on any atom is -0.0843 e. The van der Waals surface area contributed by atoms with E-state index in [1.165, 1.54) is 11.1 Å². The van der Waals surface area contributed by atoms with Crippen LogP contribution in [0.3, 0.4) is 0 Å². The van der Waals surface area contributed by atoms with Gasteiger partial charge in [0.1, 0.15) is 0 Å². The van der Waals surface area contributed by atoms with E-state index in [9.17, 15) is 0 Å². The molecule has 0 aliphatic heterocycles. The fourth-order valence-corrected chi connectivity index (χ4v) is 1.77. The van der Waals surface area contributed by atoms with Gasteiger partial charge in [-0.2, -0.15) is 0 Å². The molecule has 0 saturated heterocycles. The molecule has 0 bridgehead atoms. The second-order valence-corrected chi connectivity index (χ2v) is 3.82. The van der Waals surface area contributed by atoms with Crippen LogP contribution in [0.5, 0.6) is 0 Å². The van der Waals surface area contributed by atoms with Crippen molar-refractivity contribution in [2.75, 3.05) is 0 Å². The van der Waals surface area contributed by atoms with Crippen molar-refractivity contribution in [2.24, 2.45) is 5.92 Å². The summed E-state index contributed by atoms with van der Waals surface area (Å²) in [6.45, 7) is 2.23. The molecule has 0 radical (unpaired) electrons. The summed E-state index contributed by atoms with van der Waals surface area (Å²) >= 11 is 5.88. The molecule has 2 rings (SSSR count). The Balaban J connectivity index is 2.47. The molecule has 12 heavy (non-hydrogen) atoms. The third-order valence-corrected chi connectivity index (χ3v) is 2.49. The average molecular weight is 179 g/mol. The monoisotopic (exact) mass is 178 g/mol. The van der Waals surface area contributed by atoms with Gasteiger partial charge in [-0.05, 0) is 35.6 Å². The highest BCUT2D eigenvalue weighted by Gasteiger charge is 2.09. The van der Waals surface area contributed by atoms with Crippen molar-refractivity contribution in [3.63, 3.8) is 0 Å². The van der Waals surface area contributed by atoms with Crippen molar-refractivity contribution < 1.29 is 0 Å². The van der Waals surface area contributed by atoms with E-state index < -0.39 is 0 Å². The first-order valence-corrected chi connectivity index (χ1v) is 4.60. The summed E-state index contributed by atoms with van der Waals surface area (Å²) in [5.74, 6) is 0.665. The molecule has 0 saturated carbocycles. The first-order valence-electron chi connectivity index (χ1n) is 4.22. The molecule has 1 aliphatic carbocycles. The van der Waals surface area contributed by atoms with Gasteiger partial charge in [-0.1, -0.05) is 36.7 Å². The second kappa shape index (κ2) is 2.95. The van der Waals surface area contributed by atoms with Gasteiger partial charge in [0, 0.05) is 5.02 Å². The molecule has 1 aromatic rings. The predicted octanol–water partition coefficient (Wildman–Crippen LogP) is 3.55. The van der Waals surface area contributed by atoms with Crippen LogP contribution in [0.4, 0.5) is 0 Å². The van der Waals surface area contributed by atoms with Crippen molar-refractivity contribution in [2.45, 2.75) is 13.3 Å². The Morgan fingerprint density at radius 2 is 2.25 bits per heavy atom. The van der Waals surface area contributed by atoms with E-state index in [1.54, 1.807) is 0 Å². The number of hydrogen-bond donors (Lipinski definition) is 0. The van der Waals surface area contributed by atoms with Crippen LogP contribution in [0.2, 0.25) is 5.02 Å². The van der Waals surface area contributed by atoms with Crippen LogP contribution >= 0.6 is 11.6 Å². The molecule has 0 fully saturated rings. The predicted molar refractivity (Wildman–Crippen MR) is 53.4 cm³/mol. The van der Waals surface area contributed by atoms with Gasteiger partial charge in [0.25, 0.3) is 0 Å². The van der Waals surface area contributed by atoms with Crippen LogP contribution in [0.1, 0.15) is 18.1 Å². The van der Waals surface area contributed by atoms with Gasteiger partial charge in [-0.25, -0.2) is 0 Å². The maximum absolute atomic E-state index is 5.88. The number of hydrogen-bond acceptors (Lipinski definition) is 0. The highest BCUT2D eigenvalue weighted by atomic mass is 35.5. The van der Waals surface area contributed by atoms with Crippen LogP contribution in [0.25, 0.3) is 6.08 Å². The Morgan fingerprint density at radius 3 is 3.08 bits per heavy atom. The van der Waals surface area contributed by atoms with Crippen molar-refractivity contribution >= 4 is 17.7 Å². The molecule has 0 spiro atoms. The Bertz CT molecular complexity index is 326. The van der Waals surface area contributed by atoms with Gasteiger partial charge in [-0.3, -0.25) is 0 Å². The lowest BCUT2D eigenvalue weighted by molar-refractivity contribution is 0.717. The van der Waals surface area contributed by atoms with Gasteiger partial charge in [-0.15, -0.1) is 0 Å². The number of allylic oxidation sites excluding steroid dienone is 1. The molecule has 0 nitrogen and oxygen atoms in total. The SMILES string of the molecule is CC1C=Cc2cc(Cl)ccc2C1. The topological polar surface area (TPSA) is 0 Å². The summed E-state index contributed by atoms with van der Waals surface area (Å²) in [6, 6.07) is 6.11. The number of fused-ring (bicyclic) bond motifs is 1. The van der Waals surface area contributed by atoms with Gasteiger partial charge in [0.2, 0.25) is 0 Å². The van der Waals surface area contributed by atoms with Crippen molar-refractivity contribution in [1.82, 2.24) is 0 Å². The third kappa shape index (κ3) is 1.39. The zero-order valence-corrected chi connectivity index (χ0v) is 7.81. The van der Waals surface area contributed by atoms with Crippen molar-refractivity contribution in [3.05, 3.63) is 40.4 Å². The molecular weight excluding hydrogens is 168 g/mol. The maximum atomic E-state index is 5.88. The number of halogens is 1. The zero-order chi connectivity index (χ0) is 8.55. The van der Waals surface area contributed by atoms with E-state index in [2.05, 4.69) is 25.1 Å². The summed E-state index contributed by atoms with van der Waals surface area (Å²) in [6.07, 6.45) is 5.54. The van der Waals surface area contributed by atoms with E-state index in [0.29, 0.717) is 5.92 Å². The highest BCUT2D eigenvalue weighted by molar-refractivity contribution is 6.30. The fraction of sp³-hybridized carbons (Fsp3) is 0.273. The third-order valence-electron chi connectivity index (χ3n) is 2.25. The second-order valence-electron chi connectivity index (χ2n) is 3.38. The average Bonchev–Trinajstić information content (AvgIpc) is 2.05. The van der Waals surface area contributed by atoms with Crippen LogP contribution in [0, 0.1) is 5.92 Å². The Kier molecular flexibility index (Phi) is 1.93. The van der Waals surface area contributed by atoms with Gasteiger partial charge < -0.3 is 0 Å². The Labute approximate surface area is 77.9 Å². The zero-order valence-electron chi connectivity index (χ0n) is 7.05.